The smallest absolute Gasteiger partial charge is 0.253 e. The van der Waals surface area contributed by atoms with Crippen molar-refractivity contribution < 1.29 is 24.1 Å². The molecule has 0 spiro atoms. The minimum Gasteiger partial charge on any atom is -0.487 e. The van der Waals surface area contributed by atoms with Gasteiger partial charge in [0.2, 0.25) is 0 Å². The summed E-state index contributed by atoms with van der Waals surface area (Å²) in [6.45, 7) is 2.08. The van der Waals surface area contributed by atoms with Gasteiger partial charge in [0.05, 0.1) is 24.3 Å². The average Bonchev–Trinajstić information content (AvgIpc) is 2.97. The van der Waals surface area contributed by atoms with Crippen LogP contribution < -0.4 is 10.1 Å². The van der Waals surface area contributed by atoms with Gasteiger partial charge in [-0.05, 0) is 38.2 Å². The minimum absolute atomic E-state index is 0.0856. The molecule has 1 aromatic heterocycles. The van der Waals surface area contributed by atoms with Crippen LogP contribution in [-0.2, 0) is 0 Å². The topological polar surface area (TPSA) is 94.9 Å². The van der Waals surface area contributed by atoms with Crippen molar-refractivity contribution in [3.8, 4) is 5.75 Å². The third-order valence-electron chi connectivity index (χ3n) is 5.16. The van der Waals surface area contributed by atoms with E-state index in [1.165, 1.54) is 24.4 Å². The van der Waals surface area contributed by atoms with E-state index in [0.717, 1.165) is 5.69 Å². The van der Waals surface area contributed by atoms with Crippen LogP contribution in [0.5, 0.6) is 5.75 Å². The molecule has 1 heterocycles. The van der Waals surface area contributed by atoms with E-state index < -0.39 is 30.1 Å². The molecule has 1 fully saturated rings. The van der Waals surface area contributed by atoms with Crippen molar-refractivity contribution >= 4 is 5.91 Å². The lowest BCUT2D eigenvalue weighted by Gasteiger charge is -2.31. The summed E-state index contributed by atoms with van der Waals surface area (Å²) >= 11 is 0. The van der Waals surface area contributed by atoms with Crippen LogP contribution in [0.2, 0.25) is 0 Å². The Balaban J connectivity index is 1.77. The van der Waals surface area contributed by atoms with Crippen LogP contribution >= 0.6 is 0 Å². The highest BCUT2D eigenvalue weighted by Crippen LogP contribution is 2.29. The zero-order valence-corrected chi connectivity index (χ0v) is 16.5. The third-order valence-corrected chi connectivity index (χ3v) is 5.16. The van der Waals surface area contributed by atoms with Gasteiger partial charge in [0.25, 0.3) is 5.91 Å². The van der Waals surface area contributed by atoms with Crippen LogP contribution in [-0.4, -0.2) is 70.5 Å². The maximum atomic E-state index is 13.5. The van der Waals surface area contributed by atoms with Gasteiger partial charge >= 0.3 is 0 Å². The molecule has 0 aliphatic heterocycles. The summed E-state index contributed by atoms with van der Waals surface area (Å²) in [6.07, 6.45) is 0.271. The maximum absolute atomic E-state index is 13.5. The van der Waals surface area contributed by atoms with E-state index in [1.54, 1.807) is 30.1 Å². The fourth-order valence-electron chi connectivity index (χ4n) is 3.69. The van der Waals surface area contributed by atoms with Crippen molar-refractivity contribution in [3.05, 3.63) is 59.7 Å². The molecule has 1 aromatic carbocycles. The predicted molar refractivity (Wildman–Crippen MR) is 105 cm³/mol. The van der Waals surface area contributed by atoms with Gasteiger partial charge in [-0.3, -0.25) is 14.7 Å². The van der Waals surface area contributed by atoms with Gasteiger partial charge < -0.3 is 20.3 Å². The first-order valence-corrected chi connectivity index (χ1v) is 9.54. The molecule has 1 aliphatic carbocycles. The van der Waals surface area contributed by atoms with E-state index in [0.29, 0.717) is 24.3 Å². The fourth-order valence-corrected chi connectivity index (χ4v) is 3.69. The number of rotatable bonds is 7. The summed E-state index contributed by atoms with van der Waals surface area (Å²) in [5.41, 5.74) is 1.23. The van der Waals surface area contributed by atoms with Crippen molar-refractivity contribution in [1.82, 2.24) is 15.2 Å². The molecule has 0 bridgehead atoms. The molecule has 0 radical (unpaired) electrons. The number of nitrogens with one attached hydrogen (secondary N) is 1. The number of hydrogen-bond donors (Lipinski definition) is 3. The summed E-state index contributed by atoms with van der Waals surface area (Å²) in [5.74, 6) is -0.420. The highest BCUT2D eigenvalue weighted by molar-refractivity contribution is 5.94. The van der Waals surface area contributed by atoms with Crippen molar-refractivity contribution in [1.29, 1.82) is 0 Å². The summed E-state index contributed by atoms with van der Waals surface area (Å²) in [5, 5.41) is 23.1. The van der Waals surface area contributed by atoms with Crippen molar-refractivity contribution in [2.45, 2.75) is 37.6 Å². The number of ether oxygens (including phenoxy) is 1. The summed E-state index contributed by atoms with van der Waals surface area (Å²) in [4.78, 5) is 18.6. The molecule has 0 saturated heterocycles. The standard InChI is InChI=1S/C21H26FN3O4/c1-13-6-7-14(12-23-13)21(28)24-17-11-18(20(27)19(17)25(2)8-9-26)29-16-5-3-4-15(22)10-16/h3-7,10,12,17-20,26-27H,8-9,11H2,1-2H3,(H,24,28)/t17-,18-,19+,20+/m1/s1. The Bertz CT molecular complexity index is 833. The van der Waals surface area contributed by atoms with E-state index in [9.17, 15) is 19.4 Å². The van der Waals surface area contributed by atoms with Crippen molar-refractivity contribution in [2.75, 3.05) is 20.2 Å². The van der Waals surface area contributed by atoms with Crippen molar-refractivity contribution in [3.63, 3.8) is 0 Å². The zero-order chi connectivity index (χ0) is 21.0. The first-order valence-electron chi connectivity index (χ1n) is 9.54. The average molecular weight is 403 g/mol. The maximum Gasteiger partial charge on any atom is 0.253 e. The second kappa shape index (κ2) is 9.30. The van der Waals surface area contributed by atoms with Crippen LogP contribution in [0.25, 0.3) is 0 Å². The summed E-state index contributed by atoms with van der Waals surface area (Å²) in [6, 6.07) is 8.27. The minimum atomic E-state index is -0.934. The predicted octanol–water partition coefficient (Wildman–Crippen LogP) is 1.13. The van der Waals surface area contributed by atoms with Crippen molar-refractivity contribution in [2.24, 2.45) is 0 Å². The van der Waals surface area contributed by atoms with Crippen LogP contribution in [0.15, 0.2) is 42.6 Å². The lowest BCUT2D eigenvalue weighted by atomic mass is 10.1. The Morgan fingerprint density at radius 2 is 2.17 bits per heavy atom. The van der Waals surface area contributed by atoms with Gasteiger partial charge in [-0.25, -0.2) is 4.39 Å². The Labute approximate surface area is 169 Å². The van der Waals surface area contributed by atoms with Gasteiger partial charge in [0, 0.05) is 30.9 Å². The van der Waals surface area contributed by atoms with Crippen LogP contribution in [0.1, 0.15) is 22.5 Å². The number of aryl methyl sites for hydroxylation is 1. The molecule has 156 valence electrons. The molecule has 1 aliphatic rings. The Kier molecular flexibility index (Phi) is 6.79. The monoisotopic (exact) mass is 403 g/mol. The quantitative estimate of drug-likeness (QED) is 0.642. The molecule has 3 rings (SSSR count). The van der Waals surface area contributed by atoms with E-state index >= 15 is 0 Å². The largest absolute Gasteiger partial charge is 0.487 e. The molecule has 1 amide bonds. The molecular weight excluding hydrogens is 377 g/mol. The van der Waals surface area contributed by atoms with E-state index in [2.05, 4.69) is 10.3 Å². The second-order valence-corrected chi connectivity index (χ2v) is 7.30. The number of aliphatic hydroxyl groups is 2. The van der Waals surface area contributed by atoms with E-state index in [1.807, 2.05) is 6.92 Å². The number of hydrogen-bond acceptors (Lipinski definition) is 6. The zero-order valence-electron chi connectivity index (χ0n) is 16.5. The highest BCUT2D eigenvalue weighted by atomic mass is 19.1. The van der Waals surface area contributed by atoms with E-state index in [4.69, 9.17) is 4.74 Å². The lowest BCUT2D eigenvalue weighted by Crippen LogP contribution is -2.52. The SMILES string of the molecule is Cc1ccc(C(=O)N[C@@H]2C[C@@H](Oc3cccc(F)c3)[C@H](O)[C@H]2N(C)CCO)cn1. The number of halogens is 1. The normalized spacial score (nSPS) is 23.9. The second-order valence-electron chi connectivity index (χ2n) is 7.30. The van der Waals surface area contributed by atoms with Gasteiger partial charge in [-0.1, -0.05) is 6.07 Å². The van der Waals surface area contributed by atoms with Crippen LogP contribution in [0.3, 0.4) is 0 Å². The third kappa shape index (κ3) is 5.09. The summed E-state index contributed by atoms with van der Waals surface area (Å²) in [7, 11) is 1.77. The number of benzene rings is 1. The van der Waals surface area contributed by atoms with Crippen LogP contribution in [0.4, 0.5) is 4.39 Å². The highest BCUT2D eigenvalue weighted by Gasteiger charge is 2.46. The van der Waals surface area contributed by atoms with Crippen LogP contribution in [0, 0.1) is 12.7 Å². The molecule has 8 heteroatoms. The molecule has 2 aromatic rings. The molecule has 7 nitrogen and oxygen atoms in total. The van der Waals surface area contributed by atoms with Gasteiger partial charge in [-0.15, -0.1) is 0 Å². The lowest BCUT2D eigenvalue weighted by molar-refractivity contribution is 0.0109. The van der Waals surface area contributed by atoms with Gasteiger partial charge in [0.15, 0.2) is 0 Å². The number of aliphatic hydroxyl groups excluding tert-OH is 2. The molecule has 29 heavy (non-hydrogen) atoms. The number of nitrogens with zero attached hydrogens (tertiary/aromatic N) is 2. The first-order chi connectivity index (χ1) is 13.9. The molecular formula is C21H26FN3O4. The first kappa shape index (κ1) is 21.2. The van der Waals surface area contributed by atoms with Gasteiger partial charge in [0.1, 0.15) is 23.8 Å². The number of amides is 1. The fraction of sp³-hybridized carbons (Fsp3) is 0.429. The molecule has 1 saturated carbocycles. The number of carbonyl (C=O) groups excluding carboxylic acids is 1. The number of aromatic nitrogens is 1. The number of likely N-dealkylation sites (N-methyl/N-ethyl adjacent to an activating group) is 1. The molecule has 3 N–H and O–H groups in total. The Morgan fingerprint density at radius 3 is 2.83 bits per heavy atom. The Hall–Kier alpha value is -2.55. The Morgan fingerprint density at radius 1 is 1.38 bits per heavy atom. The number of pyridine rings is 1. The molecule has 4 atom stereocenters. The summed E-state index contributed by atoms with van der Waals surface area (Å²) < 4.78 is 19.3. The number of carbonyl (C=O) groups is 1. The van der Waals surface area contributed by atoms with Gasteiger partial charge in [-0.2, -0.15) is 0 Å². The molecule has 0 unspecified atom stereocenters. The van der Waals surface area contributed by atoms with E-state index in [-0.39, 0.29) is 12.5 Å².